The van der Waals surface area contributed by atoms with Gasteiger partial charge < -0.3 is 14.2 Å². The van der Waals surface area contributed by atoms with Crippen LogP contribution in [0.5, 0.6) is 0 Å². The minimum atomic E-state index is -0.790. The maximum absolute atomic E-state index is 12.9. The van der Waals surface area contributed by atoms with E-state index in [1.807, 2.05) is 0 Å². The summed E-state index contributed by atoms with van der Waals surface area (Å²) >= 11 is 0. The van der Waals surface area contributed by atoms with Crippen molar-refractivity contribution >= 4 is 17.9 Å². The molecule has 6 nitrogen and oxygen atoms in total. The number of hydrogen-bond donors (Lipinski definition) is 0. The molecule has 0 aromatic carbocycles. The summed E-state index contributed by atoms with van der Waals surface area (Å²) in [6.45, 7) is 6.51. The van der Waals surface area contributed by atoms with Crippen molar-refractivity contribution < 1.29 is 28.6 Å². The zero-order chi connectivity index (χ0) is 57.1. The summed E-state index contributed by atoms with van der Waals surface area (Å²) < 4.78 is 17.0. The lowest BCUT2D eigenvalue weighted by molar-refractivity contribution is -0.167. The van der Waals surface area contributed by atoms with E-state index in [-0.39, 0.29) is 31.1 Å². The largest absolute Gasteiger partial charge is 0.462 e. The number of esters is 3. The molecule has 0 amide bonds. The topological polar surface area (TPSA) is 78.9 Å². The molecule has 0 N–H and O–H groups in total. The standard InChI is InChI=1S/C73H126O6/c1-4-7-10-13-16-19-22-25-28-30-32-33-34-35-36-37-38-39-41-42-45-48-51-54-57-60-63-66-72(75)78-69-70(68-77-71(74)65-62-59-56-53-50-47-44-27-24-21-18-15-12-9-6-3)79-73(76)67-64-61-58-55-52-49-46-43-40-31-29-26-23-20-17-14-11-8-5-2/h7,10,16-17,19-20,25-29,32-33,40,43-44,70H,4-6,8-9,11-15,18,21-24,30-31,34-39,41-42,45-69H2,1-3H3/b10-7-,19-16-,20-17-,28-25-,29-26-,33-32-,43-40-,44-27-. The molecule has 0 aliphatic rings. The molecule has 0 radical (unpaired) electrons. The summed E-state index contributed by atoms with van der Waals surface area (Å²) in [4.78, 5) is 38.4. The second kappa shape index (κ2) is 66.8. The summed E-state index contributed by atoms with van der Waals surface area (Å²) in [5.41, 5.74) is 0. The molecule has 0 aliphatic heterocycles. The molecule has 0 aromatic rings. The van der Waals surface area contributed by atoms with Gasteiger partial charge >= 0.3 is 17.9 Å². The van der Waals surface area contributed by atoms with E-state index < -0.39 is 6.10 Å². The van der Waals surface area contributed by atoms with Gasteiger partial charge in [-0.1, -0.05) is 285 Å². The Labute approximate surface area is 489 Å². The normalized spacial score (nSPS) is 12.7. The van der Waals surface area contributed by atoms with Crippen LogP contribution >= 0.6 is 0 Å². The van der Waals surface area contributed by atoms with Crippen LogP contribution < -0.4 is 0 Å². The molecule has 0 saturated carbocycles. The molecule has 0 aromatic heterocycles. The Balaban J connectivity index is 4.33. The third-order valence-electron chi connectivity index (χ3n) is 14.5. The Morgan fingerprint density at radius 1 is 0.266 bits per heavy atom. The van der Waals surface area contributed by atoms with Crippen molar-refractivity contribution in [3.8, 4) is 0 Å². The number of allylic oxidation sites excluding steroid dienone is 16. The molecule has 1 atom stereocenters. The van der Waals surface area contributed by atoms with E-state index in [1.165, 1.54) is 173 Å². The average Bonchev–Trinajstić information content (AvgIpc) is 3.45. The van der Waals surface area contributed by atoms with E-state index >= 15 is 0 Å². The second-order valence-corrected chi connectivity index (χ2v) is 22.3. The highest BCUT2D eigenvalue weighted by Gasteiger charge is 2.19. The molecular weight excluding hydrogens is 973 g/mol. The van der Waals surface area contributed by atoms with Crippen LogP contribution in [0.1, 0.15) is 329 Å². The molecule has 0 heterocycles. The van der Waals surface area contributed by atoms with E-state index in [0.717, 1.165) is 116 Å². The van der Waals surface area contributed by atoms with Gasteiger partial charge in [-0.2, -0.15) is 0 Å². The first-order valence-corrected chi connectivity index (χ1v) is 33.7. The van der Waals surface area contributed by atoms with Crippen LogP contribution in [0, 0.1) is 0 Å². The molecule has 6 heteroatoms. The molecule has 0 saturated heterocycles. The van der Waals surface area contributed by atoms with Crippen LogP contribution in [0.25, 0.3) is 0 Å². The monoisotopic (exact) mass is 1100 g/mol. The fourth-order valence-corrected chi connectivity index (χ4v) is 9.50. The lowest BCUT2D eigenvalue weighted by Gasteiger charge is -2.18. The van der Waals surface area contributed by atoms with Crippen LogP contribution in [0.3, 0.4) is 0 Å². The van der Waals surface area contributed by atoms with Crippen molar-refractivity contribution in [2.45, 2.75) is 335 Å². The predicted octanol–water partition coefficient (Wildman–Crippen LogP) is 23.2. The average molecular weight is 1100 g/mol. The van der Waals surface area contributed by atoms with Crippen molar-refractivity contribution in [1.29, 1.82) is 0 Å². The number of carbonyl (C=O) groups excluding carboxylic acids is 3. The fourth-order valence-electron chi connectivity index (χ4n) is 9.50. The number of unbranched alkanes of at least 4 members (excludes halogenated alkanes) is 34. The molecule has 0 spiro atoms. The van der Waals surface area contributed by atoms with Crippen molar-refractivity contribution in [2.24, 2.45) is 0 Å². The van der Waals surface area contributed by atoms with Gasteiger partial charge in [0.15, 0.2) is 6.10 Å². The number of hydrogen-bond acceptors (Lipinski definition) is 6. The summed E-state index contributed by atoms with van der Waals surface area (Å²) in [6, 6.07) is 0. The highest BCUT2D eigenvalue weighted by atomic mass is 16.6. The summed E-state index contributed by atoms with van der Waals surface area (Å²) in [5, 5.41) is 0. The van der Waals surface area contributed by atoms with Crippen molar-refractivity contribution in [3.63, 3.8) is 0 Å². The van der Waals surface area contributed by atoms with E-state index in [1.54, 1.807) is 0 Å². The number of ether oxygens (including phenoxy) is 3. The fraction of sp³-hybridized carbons (Fsp3) is 0.740. The lowest BCUT2D eigenvalue weighted by Crippen LogP contribution is -2.30. The lowest BCUT2D eigenvalue weighted by atomic mass is 10.0. The van der Waals surface area contributed by atoms with Crippen LogP contribution in [-0.2, 0) is 28.6 Å². The zero-order valence-corrected chi connectivity index (χ0v) is 52.1. The quantitative estimate of drug-likeness (QED) is 0.0261. The maximum atomic E-state index is 12.9. The Hall–Kier alpha value is -3.67. The van der Waals surface area contributed by atoms with Gasteiger partial charge in [0.2, 0.25) is 0 Å². The number of rotatable bonds is 61. The van der Waals surface area contributed by atoms with Crippen molar-refractivity contribution in [2.75, 3.05) is 13.2 Å². The van der Waals surface area contributed by atoms with Gasteiger partial charge in [0.25, 0.3) is 0 Å². The Kier molecular flexibility index (Phi) is 63.7. The van der Waals surface area contributed by atoms with Gasteiger partial charge in [-0.25, -0.2) is 0 Å². The Morgan fingerprint density at radius 2 is 0.494 bits per heavy atom. The molecule has 1 unspecified atom stereocenters. The molecule has 0 fully saturated rings. The van der Waals surface area contributed by atoms with E-state index in [2.05, 4.69) is 118 Å². The molecule has 0 rings (SSSR count). The molecule has 0 bridgehead atoms. The van der Waals surface area contributed by atoms with E-state index in [4.69, 9.17) is 14.2 Å². The number of carbonyl (C=O) groups is 3. The first-order valence-electron chi connectivity index (χ1n) is 33.7. The van der Waals surface area contributed by atoms with Gasteiger partial charge in [-0.15, -0.1) is 0 Å². The third kappa shape index (κ3) is 65.0. The second-order valence-electron chi connectivity index (χ2n) is 22.3. The van der Waals surface area contributed by atoms with Crippen LogP contribution in [-0.4, -0.2) is 37.2 Å². The van der Waals surface area contributed by atoms with Crippen LogP contribution in [0.4, 0.5) is 0 Å². The van der Waals surface area contributed by atoms with Gasteiger partial charge in [-0.05, 0) is 122 Å². The smallest absolute Gasteiger partial charge is 0.306 e. The molecule has 454 valence electrons. The van der Waals surface area contributed by atoms with Crippen LogP contribution in [0.2, 0.25) is 0 Å². The predicted molar refractivity (Wildman–Crippen MR) is 344 cm³/mol. The summed E-state index contributed by atoms with van der Waals surface area (Å²) in [7, 11) is 0. The highest BCUT2D eigenvalue weighted by molar-refractivity contribution is 5.71. The summed E-state index contributed by atoms with van der Waals surface area (Å²) in [5.74, 6) is -0.893. The molecule has 0 aliphatic carbocycles. The van der Waals surface area contributed by atoms with Crippen molar-refractivity contribution in [3.05, 3.63) is 97.2 Å². The first kappa shape index (κ1) is 75.3. The summed E-state index contributed by atoms with van der Waals surface area (Å²) in [6.07, 6.45) is 89.9. The van der Waals surface area contributed by atoms with Gasteiger partial charge in [0.1, 0.15) is 13.2 Å². The third-order valence-corrected chi connectivity index (χ3v) is 14.5. The maximum Gasteiger partial charge on any atom is 0.306 e. The Morgan fingerprint density at radius 3 is 0.810 bits per heavy atom. The molecular formula is C73H126O6. The van der Waals surface area contributed by atoms with Gasteiger partial charge in [0.05, 0.1) is 0 Å². The SMILES string of the molecule is CC/C=C\C/C=C\C/C=C\C/C=C\CCCCCCCCCCCCCCCCC(=O)OCC(COC(=O)CCCCCCC/C=C\CCCCCCCC)OC(=O)CCCCCCCC/C=C\C/C=C\C/C=C\CCCCC. The minimum absolute atomic E-state index is 0.0841. The van der Waals surface area contributed by atoms with Crippen molar-refractivity contribution in [1.82, 2.24) is 0 Å². The van der Waals surface area contributed by atoms with Gasteiger partial charge in [0, 0.05) is 19.3 Å². The van der Waals surface area contributed by atoms with E-state index in [9.17, 15) is 14.4 Å². The zero-order valence-electron chi connectivity index (χ0n) is 52.1. The van der Waals surface area contributed by atoms with E-state index in [0.29, 0.717) is 19.3 Å². The Bertz CT molecular complexity index is 1540. The molecule has 79 heavy (non-hydrogen) atoms. The minimum Gasteiger partial charge on any atom is -0.462 e. The highest BCUT2D eigenvalue weighted by Crippen LogP contribution is 2.16. The first-order chi connectivity index (χ1) is 39.0. The van der Waals surface area contributed by atoms with Gasteiger partial charge in [-0.3, -0.25) is 14.4 Å². The van der Waals surface area contributed by atoms with Crippen LogP contribution in [0.15, 0.2) is 97.2 Å².